The quantitative estimate of drug-likeness (QED) is 0.598. The molecule has 0 atom stereocenters. The Morgan fingerprint density at radius 3 is 2.17 bits per heavy atom. The highest BCUT2D eigenvalue weighted by Gasteiger charge is 2.40. The fourth-order valence-corrected chi connectivity index (χ4v) is 3.50. The van der Waals surface area contributed by atoms with Crippen LogP contribution in [0.1, 0.15) is 16.7 Å². The molecule has 5 heteroatoms. The number of benzene rings is 3. The number of nitrogens with zero attached hydrogens (tertiary/aromatic N) is 1. The van der Waals surface area contributed by atoms with E-state index in [4.69, 9.17) is 11.6 Å². The molecule has 1 N–H and O–H groups in total. The SMILES string of the molecule is Cc1ccc(C2=C(Nc3cccc(Cl)c3C)C(=O)N(c3ccccc3)C2=O)cc1. The minimum Gasteiger partial charge on any atom is -0.350 e. The number of hydrogen-bond donors (Lipinski definition) is 1. The monoisotopic (exact) mass is 402 g/mol. The molecule has 0 aromatic heterocycles. The Morgan fingerprint density at radius 1 is 0.793 bits per heavy atom. The zero-order valence-corrected chi connectivity index (χ0v) is 16.8. The van der Waals surface area contributed by atoms with Gasteiger partial charge in [0.15, 0.2) is 0 Å². The average Bonchev–Trinajstić information content (AvgIpc) is 2.96. The first-order chi connectivity index (χ1) is 14.0. The molecule has 1 heterocycles. The lowest BCUT2D eigenvalue weighted by Crippen LogP contribution is -2.32. The van der Waals surface area contributed by atoms with Crippen LogP contribution in [0, 0.1) is 13.8 Å². The Labute approximate surface area is 174 Å². The van der Waals surface area contributed by atoms with Gasteiger partial charge in [-0.05, 0) is 49.2 Å². The molecule has 4 rings (SSSR count). The lowest BCUT2D eigenvalue weighted by Gasteiger charge is -2.15. The van der Waals surface area contributed by atoms with E-state index in [1.54, 1.807) is 36.4 Å². The van der Waals surface area contributed by atoms with Gasteiger partial charge >= 0.3 is 0 Å². The molecule has 29 heavy (non-hydrogen) atoms. The zero-order chi connectivity index (χ0) is 20.5. The molecule has 0 bridgehead atoms. The maximum absolute atomic E-state index is 13.3. The molecular formula is C24H19ClN2O2. The fourth-order valence-electron chi connectivity index (χ4n) is 3.32. The van der Waals surface area contributed by atoms with Gasteiger partial charge < -0.3 is 5.32 Å². The van der Waals surface area contributed by atoms with Gasteiger partial charge in [0.25, 0.3) is 11.8 Å². The van der Waals surface area contributed by atoms with Crippen molar-refractivity contribution in [3.63, 3.8) is 0 Å². The van der Waals surface area contributed by atoms with E-state index in [2.05, 4.69) is 5.32 Å². The van der Waals surface area contributed by atoms with Crippen LogP contribution in [0.3, 0.4) is 0 Å². The van der Waals surface area contributed by atoms with Crippen molar-refractivity contribution in [2.24, 2.45) is 0 Å². The molecule has 0 unspecified atom stereocenters. The largest absolute Gasteiger partial charge is 0.350 e. The molecule has 0 spiro atoms. The third kappa shape index (κ3) is 3.43. The fraction of sp³-hybridized carbons (Fsp3) is 0.0833. The normalized spacial score (nSPS) is 14.0. The molecular weight excluding hydrogens is 384 g/mol. The molecule has 1 aliphatic heterocycles. The highest BCUT2D eigenvalue weighted by molar-refractivity contribution is 6.46. The van der Waals surface area contributed by atoms with Crippen molar-refractivity contribution in [1.82, 2.24) is 0 Å². The summed E-state index contributed by atoms with van der Waals surface area (Å²) in [5, 5.41) is 3.76. The molecule has 4 nitrogen and oxygen atoms in total. The average molecular weight is 403 g/mol. The summed E-state index contributed by atoms with van der Waals surface area (Å²) in [5.74, 6) is -0.747. The minimum atomic E-state index is -0.392. The summed E-state index contributed by atoms with van der Waals surface area (Å²) in [5.41, 5.74) is 4.38. The number of halogens is 1. The molecule has 0 radical (unpaired) electrons. The van der Waals surface area contributed by atoms with Crippen LogP contribution in [-0.2, 0) is 9.59 Å². The second-order valence-electron chi connectivity index (χ2n) is 6.93. The molecule has 0 fully saturated rings. The third-order valence-corrected chi connectivity index (χ3v) is 5.38. The van der Waals surface area contributed by atoms with Crippen LogP contribution in [0.25, 0.3) is 5.57 Å². The first-order valence-electron chi connectivity index (χ1n) is 9.24. The second-order valence-corrected chi connectivity index (χ2v) is 7.34. The number of para-hydroxylation sites is 1. The van der Waals surface area contributed by atoms with E-state index in [0.29, 0.717) is 27.5 Å². The summed E-state index contributed by atoms with van der Waals surface area (Å²) in [4.78, 5) is 27.9. The van der Waals surface area contributed by atoms with Crippen molar-refractivity contribution in [2.45, 2.75) is 13.8 Å². The highest BCUT2D eigenvalue weighted by atomic mass is 35.5. The third-order valence-electron chi connectivity index (χ3n) is 4.97. The van der Waals surface area contributed by atoms with E-state index in [9.17, 15) is 9.59 Å². The summed E-state index contributed by atoms with van der Waals surface area (Å²) >= 11 is 6.24. The first-order valence-corrected chi connectivity index (χ1v) is 9.62. The van der Waals surface area contributed by atoms with Gasteiger partial charge in [-0.1, -0.05) is 65.7 Å². The van der Waals surface area contributed by atoms with Gasteiger partial charge in [-0.25, -0.2) is 4.90 Å². The Kier molecular flexibility index (Phi) is 4.95. The Hall–Kier alpha value is -3.37. The van der Waals surface area contributed by atoms with Gasteiger partial charge in [0.2, 0.25) is 0 Å². The Morgan fingerprint density at radius 2 is 1.48 bits per heavy atom. The van der Waals surface area contributed by atoms with Crippen LogP contribution in [0.15, 0.2) is 78.5 Å². The first kappa shape index (κ1) is 19.0. The topological polar surface area (TPSA) is 49.4 Å². The van der Waals surface area contributed by atoms with Crippen molar-refractivity contribution >= 4 is 40.4 Å². The highest BCUT2D eigenvalue weighted by Crippen LogP contribution is 2.35. The van der Waals surface area contributed by atoms with Crippen molar-refractivity contribution < 1.29 is 9.59 Å². The van der Waals surface area contributed by atoms with Crippen LogP contribution >= 0.6 is 11.6 Å². The van der Waals surface area contributed by atoms with Crippen LogP contribution < -0.4 is 10.2 Å². The maximum atomic E-state index is 13.3. The van der Waals surface area contributed by atoms with Gasteiger partial charge in [-0.3, -0.25) is 9.59 Å². The summed E-state index contributed by atoms with van der Waals surface area (Å²) < 4.78 is 0. The van der Waals surface area contributed by atoms with E-state index in [1.165, 1.54) is 4.90 Å². The number of hydrogen-bond acceptors (Lipinski definition) is 3. The molecule has 0 saturated carbocycles. The lowest BCUT2D eigenvalue weighted by atomic mass is 10.0. The van der Waals surface area contributed by atoms with Crippen LogP contribution in [0.2, 0.25) is 5.02 Å². The zero-order valence-electron chi connectivity index (χ0n) is 16.1. The minimum absolute atomic E-state index is 0.244. The van der Waals surface area contributed by atoms with Gasteiger partial charge in [0.05, 0.1) is 11.3 Å². The number of carbonyl (C=O) groups excluding carboxylic acids is 2. The number of amides is 2. The molecule has 1 aliphatic rings. The number of nitrogens with one attached hydrogen (secondary N) is 1. The van der Waals surface area contributed by atoms with Gasteiger partial charge in [0, 0.05) is 10.7 Å². The van der Waals surface area contributed by atoms with Crippen molar-refractivity contribution in [3.8, 4) is 0 Å². The molecule has 3 aromatic rings. The smallest absolute Gasteiger partial charge is 0.282 e. The molecule has 3 aromatic carbocycles. The van der Waals surface area contributed by atoms with Crippen LogP contribution in [0.5, 0.6) is 0 Å². The lowest BCUT2D eigenvalue weighted by molar-refractivity contribution is -0.120. The van der Waals surface area contributed by atoms with Gasteiger partial charge in [0.1, 0.15) is 5.70 Å². The molecule has 0 aliphatic carbocycles. The van der Waals surface area contributed by atoms with Gasteiger partial charge in [-0.15, -0.1) is 0 Å². The predicted octanol–water partition coefficient (Wildman–Crippen LogP) is 5.35. The number of aryl methyl sites for hydroxylation is 1. The maximum Gasteiger partial charge on any atom is 0.282 e. The predicted molar refractivity (Wildman–Crippen MR) is 117 cm³/mol. The van der Waals surface area contributed by atoms with E-state index in [0.717, 1.165) is 11.1 Å². The molecule has 2 amide bonds. The summed E-state index contributed by atoms with van der Waals surface area (Å²) in [7, 11) is 0. The number of imide groups is 1. The number of anilines is 2. The number of carbonyl (C=O) groups is 2. The van der Waals surface area contributed by atoms with Crippen molar-refractivity contribution in [1.29, 1.82) is 0 Å². The van der Waals surface area contributed by atoms with E-state index in [1.807, 2.05) is 50.2 Å². The van der Waals surface area contributed by atoms with E-state index < -0.39 is 5.91 Å². The van der Waals surface area contributed by atoms with E-state index >= 15 is 0 Å². The summed E-state index contributed by atoms with van der Waals surface area (Å²) in [6.45, 7) is 3.84. The van der Waals surface area contributed by atoms with E-state index in [-0.39, 0.29) is 11.6 Å². The van der Waals surface area contributed by atoms with Gasteiger partial charge in [-0.2, -0.15) is 0 Å². The Balaban J connectivity index is 1.85. The molecule has 144 valence electrons. The van der Waals surface area contributed by atoms with Crippen LogP contribution in [-0.4, -0.2) is 11.8 Å². The second kappa shape index (κ2) is 7.57. The van der Waals surface area contributed by atoms with Crippen molar-refractivity contribution in [3.05, 3.63) is 100 Å². The standard InChI is InChI=1S/C24H19ClN2O2/c1-15-11-13-17(14-12-15)21-22(26-20-10-6-9-19(25)16(20)2)24(29)27(23(21)28)18-7-4-3-5-8-18/h3-14,26H,1-2H3. The Bertz CT molecular complexity index is 1140. The summed E-state index contributed by atoms with van der Waals surface area (Å²) in [6.07, 6.45) is 0. The van der Waals surface area contributed by atoms with Crippen LogP contribution in [0.4, 0.5) is 11.4 Å². The van der Waals surface area contributed by atoms with Crippen molar-refractivity contribution in [2.75, 3.05) is 10.2 Å². The number of rotatable bonds is 4. The molecule has 0 saturated heterocycles. The summed E-state index contributed by atoms with van der Waals surface area (Å²) in [6, 6.07) is 21.9.